The molecule has 4 aromatic rings. The van der Waals surface area contributed by atoms with Gasteiger partial charge in [-0.3, -0.25) is 19.6 Å². The minimum absolute atomic E-state index is 0. The lowest BCUT2D eigenvalue weighted by Gasteiger charge is -2.35. The van der Waals surface area contributed by atoms with E-state index in [0.717, 1.165) is 49.8 Å². The third-order valence-electron chi connectivity index (χ3n) is 13.4. The Balaban J connectivity index is 0.000000330. The number of nitrogens with zero attached hydrogens (tertiary/aromatic N) is 7. The Hall–Kier alpha value is -5.13. The van der Waals surface area contributed by atoms with Gasteiger partial charge in [0.15, 0.2) is 6.79 Å². The molecule has 2 saturated heterocycles. The van der Waals surface area contributed by atoms with Crippen LogP contribution in [-0.4, -0.2) is 174 Å². The van der Waals surface area contributed by atoms with Gasteiger partial charge >= 0.3 is 0 Å². The fourth-order valence-electron chi connectivity index (χ4n) is 9.21. The Kier molecular flexibility index (Phi) is 27.4. The maximum absolute atomic E-state index is 13.1. The van der Waals surface area contributed by atoms with E-state index in [1.54, 1.807) is 71.0 Å². The van der Waals surface area contributed by atoms with Crippen LogP contribution in [0.5, 0.6) is 11.5 Å². The highest BCUT2D eigenvalue weighted by Crippen LogP contribution is 2.30. The van der Waals surface area contributed by atoms with Gasteiger partial charge in [0.1, 0.15) is 18.1 Å². The van der Waals surface area contributed by atoms with Gasteiger partial charge in [0.05, 0.1) is 37.2 Å². The first kappa shape index (κ1) is 65.2. The van der Waals surface area contributed by atoms with Crippen molar-refractivity contribution in [2.75, 3.05) is 131 Å². The van der Waals surface area contributed by atoms with E-state index in [0.29, 0.717) is 46.2 Å². The summed E-state index contributed by atoms with van der Waals surface area (Å²) in [6.07, 6.45) is 8.38. The fraction of sp³-hybridized carbons (Fsp3) is 0.556. The molecule has 0 unspecified atom stereocenters. The first-order valence-electron chi connectivity index (χ1n) is 25.3. The smallest absolute Gasteiger partial charge is 0.295 e. The second-order valence-electron chi connectivity index (χ2n) is 19.2. The molecule has 424 valence electrons. The number of methoxy groups -OCH3 is 2. The number of likely N-dealkylation sites (N-methyl/N-ethyl adjacent to an activating group) is 3. The number of hydrogen-bond acceptors (Lipinski definition) is 16. The SMILES string of the molecule is CNCC1CCN(c2ccnc(C)c2)CC1.COc1cc(C)c(S(=O)(=O)N(C)CCOCC(=O)N(C)CC2CCN(c3ccnc(C)c3)CC2)c(C)c1.COc1cc(C)c(S(=O)(=O)N(C)CCOCOC=O)c(C)c1.Cl. The number of anilines is 2. The largest absolute Gasteiger partial charge is 0.497 e. The summed E-state index contributed by atoms with van der Waals surface area (Å²) in [4.78, 5) is 38.2. The van der Waals surface area contributed by atoms with E-state index >= 15 is 0 Å². The zero-order chi connectivity index (χ0) is 55.3. The Labute approximate surface area is 459 Å². The number of benzene rings is 2. The summed E-state index contributed by atoms with van der Waals surface area (Å²) < 4.78 is 79.2. The van der Waals surface area contributed by atoms with Crippen LogP contribution in [0.2, 0.25) is 0 Å². The topological polar surface area (TPSA) is 203 Å². The number of rotatable bonds is 23. The molecule has 2 aliphatic rings. The molecular formula is C54H83ClN8O11S2. The number of aromatic nitrogens is 2. The van der Waals surface area contributed by atoms with Crippen LogP contribution in [0.1, 0.15) is 59.3 Å². The number of aryl methyl sites for hydroxylation is 6. The van der Waals surface area contributed by atoms with Crippen molar-refractivity contribution in [2.45, 2.75) is 77.0 Å². The molecule has 0 aliphatic carbocycles. The predicted octanol–water partition coefficient (Wildman–Crippen LogP) is 6.35. The lowest BCUT2D eigenvalue weighted by molar-refractivity contribution is -0.140. The molecule has 0 radical (unpaired) electrons. The summed E-state index contributed by atoms with van der Waals surface area (Å²) in [5.41, 5.74) is 7.15. The summed E-state index contributed by atoms with van der Waals surface area (Å²) in [5, 5.41) is 3.27. The van der Waals surface area contributed by atoms with Crippen molar-refractivity contribution in [2.24, 2.45) is 11.8 Å². The molecule has 0 atom stereocenters. The standard InChI is InChI=1S/C27H40N4O5S.C14H21NO6S.C13H21N3.ClH/c1-20-15-25(35-6)16-21(2)27(20)37(33,34)30(5)13-14-36-19-26(32)29(4)18-23-8-11-31(12-9-23)24-7-10-28-22(3)17-24;1-11-7-13(19-4)8-12(2)14(11)22(17,18)15(3)5-6-20-10-21-9-16;1-11-9-13(3-6-15-11)16-7-4-12(5-8-16)10-14-2;/h7,10,15-17,23H,8-9,11-14,18-19H2,1-6H3;7-9H,5-6,10H2,1-4H3;3,6,9,12,14H,4-5,7-8,10H2,1-2H3;1H. The maximum Gasteiger partial charge on any atom is 0.295 e. The second kappa shape index (κ2) is 31.9. The molecule has 2 aromatic carbocycles. The number of carbonyl (C=O) groups excluding carboxylic acids is 2. The van der Waals surface area contributed by atoms with Crippen molar-refractivity contribution in [3.05, 3.63) is 94.6 Å². The van der Waals surface area contributed by atoms with Crippen LogP contribution in [0.15, 0.2) is 70.7 Å². The average molecular weight is 1120 g/mol. The van der Waals surface area contributed by atoms with Crippen LogP contribution in [0.3, 0.4) is 0 Å². The molecular weight excluding hydrogens is 1040 g/mol. The Morgan fingerprint density at radius 1 is 0.671 bits per heavy atom. The number of amides is 1. The van der Waals surface area contributed by atoms with Gasteiger partial charge in [0, 0.05) is 102 Å². The molecule has 4 heterocycles. The van der Waals surface area contributed by atoms with Gasteiger partial charge in [-0.15, -0.1) is 12.4 Å². The van der Waals surface area contributed by atoms with Gasteiger partial charge < -0.3 is 43.7 Å². The van der Waals surface area contributed by atoms with Crippen LogP contribution in [-0.2, 0) is 43.8 Å². The monoisotopic (exact) mass is 1120 g/mol. The first-order valence-corrected chi connectivity index (χ1v) is 28.2. The molecule has 76 heavy (non-hydrogen) atoms. The molecule has 2 fully saturated rings. The van der Waals surface area contributed by atoms with Gasteiger partial charge in [-0.1, -0.05) is 0 Å². The predicted molar refractivity (Wildman–Crippen MR) is 300 cm³/mol. The lowest BCUT2D eigenvalue weighted by atomic mass is 9.96. The third kappa shape index (κ3) is 19.4. The molecule has 1 N–H and O–H groups in total. The zero-order valence-corrected chi connectivity index (χ0v) is 49.1. The normalized spacial score (nSPS) is 14.2. The molecule has 19 nitrogen and oxygen atoms in total. The van der Waals surface area contributed by atoms with Crippen LogP contribution >= 0.6 is 12.4 Å². The molecule has 0 bridgehead atoms. The fourth-order valence-corrected chi connectivity index (χ4v) is 12.3. The zero-order valence-electron chi connectivity index (χ0n) is 46.7. The van der Waals surface area contributed by atoms with Crippen LogP contribution in [0.25, 0.3) is 0 Å². The Morgan fingerprint density at radius 2 is 1.08 bits per heavy atom. The minimum atomic E-state index is -3.69. The molecule has 0 spiro atoms. The van der Waals surface area contributed by atoms with E-state index in [-0.39, 0.29) is 74.3 Å². The van der Waals surface area contributed by atoms with Gasteiger partial charge in [-0.05, 0) is 163 Å². The quantitative estimate of drug-likeness (QED) is 0.0488. The Morgan fingerprint density at radius 3 is 1.46 bits per heavy atom. The Bertz CT molecular complexity index is 2620. The van der Waals surface area contributed by atoms with E-state index < -0.39 is 20.0 Å². The molecule has 2 aromatic heterocycles. The number of piperidine rings is 2. The number of ether oxygens (including phenoxy) is 5. The van der Waals surface area contributed by atoms with E-state index in [9.17, 15) is 26.4 Å². The summed E-state index contributed by atoms with van der Waals surface area (Å²) in [5.74, 6) is 2.44. The van der Waals surface area contributed by atoms with Crippen molar-refractivity contribution in [3.63, 3.8) is 0 Å². The van der Waals surface area contributed by atoms with Crippen molar-refractivity contribution in [1.29, 1.82) is 0 Å². The lowest BCUT2D eigenvalue weighted by Crippen LogP contribution is -2.40. The van der Waals surface area contributed by atoms with Gasteiger partial charge in [0.25, 0.3) is 6.47 Å². The molecule has 1 amide bonds. The van der Waals surface area contributed by atoms with E-state index in [1.165, 1.54) is 67.1 Å². The third-order valence-corrected chi connectivity index (χ3v) is 17.7. The van der Waals surface area contributed by atoms with Crippen molar-refractivity contribution in [1.82, 2.24) is 28.8 Å². The van der Waals surface area contributed by atoms with Gasteiger partial charge in [-0.2, -0.15) is 8.61 Å². The number of carbonyl (C=O) groups is 2. The minimum Gasteiger partial charge on any atom is -0.497 e. The molecule has 0 saturated carbocycles. The number of sulfonamides is 2. The van der Waals surface area contributed by atoms with Crippen LogP contribution in [0.4, 0.5) is 11.4 Å². The average Bonchev–Trinajstić information content (AvgIpc) is 3.37. The first-order chi connectivity index (χ1) is 35.7. The highest BCUT2D eigenvalue weighted by atomic mass is 35.5. The van der Waals surface area contributed by atoms with Crippen molar-refractivity contribution in [3.8, 4) is 11.5 Å². The molecule has 2 aliphatic heterocycles. The highest BCUT2D eigenvalue weighted by Gasteiger charge is 2.28. The van der Waals surface area contributed by atoms with Gasteiger partial charge in [-0.25, -0.2) is 16.8 Å². The van der Waals surface area contributed by atoms with E-state index in [4.69, 9.17) is 18.9 Å². The second-order valence-corrected chi connectivity index (χ2v) is 23.1. The van der Waals surface area contributed by atoms with E-state index in [2.05, 4.69) is 54.9 Å². The van der Waals surface area contributed by atoms with Gasteiger partial charge in [0.2, 0.25) is 26.0 Å². The summed E-state index contributed by atoms with van der Waals surface area (Å²) in [6, 6.07) is 15.2. The molecule has 22 heteroatoms. The maximum atomic E-state index is 13.1. The van der Waals surface area contributed by atoms with E-state index in [1.807, 2.05) is 32.4 Å². The summed E-state index contributed by atoms with van der Waals surface area (Å²) in [6.45, 7) is 17.7. The summed E-state index contributed by atoms with van der Waals surface area (Å²) in [7, 11) is 2.60. The number of nitrogens with one attached hydrogen (secondary N) is 1. The number of halogens is 1. The number of hydrogen-bond donors (Lipinski definition) is 1. The summed E-state index contributed by atoms with van der Waals surface area (Å²) >= 11 is 0. The highest BCUT2D eigenvalue weighted by molar-refractivity contribution is 7.89. The van der Waals surface area contributed by atoms with Crippen LogP contribution < -0.4 is 24.6 Å². The molecule has 6 rings (SSSR count). The van der Waals surface area contributed by atoms with Crippen molar-refractivity contribution >= 4 is 56.2 Å². The van der Waals surface area contributed by atoms with Crippen LogP contribution in [0, 0.1) is 53.4 Å². The number of pyridine rings is 2. The van der Waals surface area contributed by atoms with Crippen molar-refractivity contribution < 1.29 is 50.1 Å².